The molecule has 0 saturated carbocycles. The Labute approximate surface area is 128 Å². The molecule has 110 valence electrons. The number of ether oxygens (including phenoxy) is 1. The van der Waals surface area contributed by atoms with Gasteiger partial charge in [0.1, 0.15) is 0 Å². The van der Waals surface area contributed by atoms with Gasteiger partial charge in [0.05, 0.1) is 23.7 Å². The third-order valence-electron chi connectivity index (χ3n) is 2.87. The lowest BCUT2D eigenvalue weighted by atomic mass is 10.2. The number of methoxy groups -OCH3 is 1. The van der Waals surface area contributed by atoms with Crippen LogP contribution in [0.25, 0.3) is 0 Å². The van der Waals surface area contributed by atoms with Crippen LogP contribution in [0.4, 0.5) is 5.69 Å². The molecule has 0 bridgehead atoms. The van der Waals surface area contributed by atoms with E-state index in [1.165, 1.54) is 11.8 Å². The first-order valence-corrected chi connectivity index (χ1v) is 7.38. The monoisotopic (exact) mass is 302 g/mol. The Hall–Kier alpha value is -2.01. The molecule has 21 heavy (non-hydrogen) atoms. The molecule has 0 fully saturated rings. The van der Waals surface area contributed by atoms with Crippen molar-refractivity contribution >= 4 is 23.4 Å². The zero-order valence-electron chi connectivity index (χ0n) is 12.3. The fourth-order valence-corrected chi connectivity index (χ4v) is 2.71. The number of hydrogen-bond acceptors (Lipinski definition) is 4. The number of benzene rings is 1. The molecule has 2 rings (SSSR count). The van der Waals surface area contributed by atoms with Gasteiger partial charge in [-0.3, -0.25) is 4.79 Å². The van der Waals surface area contributed by atoms with E-state index < -0.39 is 4.75 Å². The number of hydrogen-bond donors (Lipinski definition) is 1. The molecule has 1 N–H and O–H groups in total. The molecule has 1 heterocycles. The Morgan fingerprint density at radius 2 is 1.90 bits per heavy atom. The summed E-state index contributed by atoms with van der Waals surface area (Å²) >= 11 is 1.52. The topological polar surface area (TPSA) is 51.2 Å². The van der Waals surface area contributed by atoms with Crippen molar-refractivity contribution in [2.75, 3.05) is 12.4 Å². The zero-order valence-corrected chi connectivity index (χ0v) is 13.1. The van der Waals surface area contributed by atoms with E-state index in [0.29, 0.717) is 11.6 Å². The lowest BCUT2D eigenvalue weighted by Gasteiger charge is -2.23. The molecule has 1 amide bonds. The third kappa shape index (κ3) is 4.23. The molecule has 4 nitrogen and oxygen atoms in total. The summed E-state index contributed by atoms with van der Waals surface area (Å²) < 4.78 is 4.41. The second kappa shape index (κ2) is 6.63. The molecule has 0 aliphatic heterocycles. The summed E-state index contributed by atoms with van der Waals surface area (Å²) in [6.45, 7) is 3.80. The molecule has 1 aromatic carbocycles. The number of carbonyl (C=O) groups excluding carboxylic acids is 1. The highest BCUT2D eigenvalue weighted by Gasteiger charge is 2.29. The zero-order chi connectivity index (χ0) is 15.3. The number of rotatable bonds is 5. The largest absolute Gasteiger partial charge is 0.481 e. The van der Waals surface area contributed by atoms with Crippen molar-refractivity contribution in [3.63, 3.8) is 0 Å². The van der Waals surface area contributed by atoms with Crippen LogP contribution < -0.4 is 10.1 Å². The van der Waals surface area contributed by atoms with Gasteiger partial charge >= 0.3 is 0 Å². The first-order chi connectivity index (χ1) is 10.0. The summed E-state index contributed by atoms with van der Waals surface area (Å²) in [5, 5.41) is 2.88. The summed E-state index contributed by atoms with van der Waals surface area (Å²) in [4.78, 5) is 17.5. The molecule has 0 spiro atoms. The van der Waals surface area contributed by atoms with Crippen LogP contribution in [0.1, 0.15) is 13.8 Å². The summed E-state index contributed by atoms with van der Waals surface area (Å²) in [5.74, 6) is 0.453. The van der Waals surface area contributed by atoms with Crippen LogP contribution in [0.15, 0.2) is 53.6 Å². The minimum Gasteiger partial charge on any atom is -0.481 e. The van der Waals surface area contributed by atoms with Crippen LogP contribution in [-0.4, -0.2) is 22.7 Å². The predicted octanol–water partition coefficient (Wildman–Crippen LogP) is 3.60. The summed E-state index contributed by atoms with van der Waals surface area (Å²) in [6, 6.07) is 13.4. The number of amides is 1. The second-order valence-corrected chi connectivity index (χ2v) is 6.66. The van der Waals surface area contributed by atoms with Gasteiger partial charge in [0, 0.05) is 11.0 Å². The van der Waals surface area contributed by atoms with Gasteiger partial charge in [-0.05, 0) is 32.0 Å². The Kier molecular flexibility index (Phi) is 4.85. The number of aromatic nitrogens is 1. The lowest BCUT2D eigenvalue weighted by Crippen LogP contribution is -2.33. The summed E-state index contributed by atoms with van der Waals surface area (Å²) in [7, 11) is 1.56. The number of thioether (sulfide) groups is 1. The maximum absolute atomic E-state index is 12.4. The van der Waals surface area contributed by atoms with Crippen LogP contribution in [0.5, 0.6) is 5.88 Å². The first-order valence-electron chi connectivity index (χ1n) is 6.57. The van der Waals surface area contributed by atoms with E-state index in [2.05, 4.69) is 10.3 Å². The Bertz CT molecular complexity index is 597. The van der Waals surface area contributed by atoms with Gasteiger partial charge in [-0.15, -0.1) is 11.8 Å². The van der Waals surface area contributed by atoms with Gasteiger partial charge in [-0.2, -0.15) is 0 Å². The quantitative estimate of drug-likeness (QED) is 0.857. The molecule has 0 radical (unpaired) electrons. The third-order valence-corrected chi connectivity index (χ3v) is 4.07. The molecule has 0 aliphatic carbocycles. The van der Waals surface area contributed by atoms with E-state index in [1.54, 1.807) is 25.4 Å². The Morgan fingerprint density at radius 3 is 2.48 bits per heavy atom. The highest BCUT2D eigenvalue weighted by atomic mass is 32.2. The fourth-order valence-electron chi connectivity index (χ4n) is 1.69. The molecule has 2 aromatic rings. The van der Waals surface area contributed by atoms with Crippen molar-refractivity contribution in [3.05, 3.63) is 48.7 Å². The van der Waals surface area contributed by atoms with Crippen molar-refractivity contribution in [1.29, 1.82) is 0 Å². The van der Waals surface area contributed by atoms with Gasteiger partial charge < -0.3 is 10.1 Å². The highest BCUT2D eigenvalue weighted by molar-refractivity contribution is 8.01. The maximum Gasteiger partial charge on any atom is 0.240 e. The minimum atomic E-state index is -0.582. The van der Waals surface area contributed by atoms with Gasteiger partial charge in [-0.25, -0.2) is 4.98 Å². The average molecular weight is 302 g/mol. The molecule has 1 aromatic heterocycles. The molecule has 0 aliphatic rings. The maximum atomic E-state index is 12.4. The van der Waals surface area contributed by atoms with Crippen LogP contribution >= 0.6 is 11.8 Å². The van der Waals surface area contributed by atoms with Crippen molar-refractivity contribution in [1.82, 2.24) is 4.98 Å². The number of nitrogens with one attached hydrogen (secondary N) is 1. The molecular formula is C16H18N2O2S. The standard InChI is InChI=1S/C16H18N2O2S/c1-16(2,21-13-7-5-4-6-8-13)15(19)18-12-9-10-14(20-3)17-11-12/h4-11H,1-3H3,(H,18,19). The van der Waals surface area contributed by atoms with E-state index >= 15 is 0 Å². The van der Waals surface area contributed by atoms with Crippen LogP contribution in [-0.2, 0) is 4.79 Å². The van der Waals surface area contributed by atoms with E-state index in [4.69, 9.17) is 4.74 Å². The van der Waals surface area contributed by atoms with E-state index in [0.717, 1.165) is 4.90 Å². The SMILES string of the molecule is COc1ccc(NC(=O)C(C)(C)Sc2ccccc2)cn1. The van der Waals surface area contributed by atoms with Crippen molar-refractivity contribution in [3.8, 4) is 5.88 Å². The fraction of sp³-hybridized carbons (Fsp3) is 0.250. The number of carbonyl (C=O) groups is 1. The van der Waals surface area contributed by atoms with Gasteiger partial charge in [-0.1, -0.05) is 18.2 Å². The average Bonchev–Trinajstić information content (AvgIpc) is 2.48. The summed E-state index contributed by atoms with van der Waals surface area (Å²) in [6.07, 6.45) is 1.58. The van der Waals surface area contributed by atoms with Crippen LogP contribution in [0.2, 0.25) is 0 Å². The normalized spacial score (nSPS) is 11.0. The highest BCUT2D eigenvalue weighted by Crippen LogP contribution is 2.33. The molecule has 0 saturated heterocycles. The number of pyridine rings is 1. The van der Waals surface area contributed by atoms with Crippen molar-refractivity contribution in [2.45, 2.75) is 23.5 Å². The molecule has 0 atom stereocenters. The van der Waals surface area contributed by atoms with Gasteiger partial charge in [0.25, 0.3) is 0 Å². The van der Waals surface area contributed by atoms with E-state index in [-0.39, 0.29) is 5.91 Å². The molecular weight excluding hydrogens is 284 g/mol. The number of nitrogens with zero attached hydrogens (tertiary/aromatic N) is 1. The van der Waals surface area contributed by atoms with Crippen molar-refractivity contribution in [2.24, 2.45) is 0 Å². The lowest BCUT2D eigenvalue weighted by molar-refractivity contribution is -0.117. The Balaban J connectivity index is 2.03. The van der Waals surface area contributed by atoms with Gasteiger partial charge in [0.15, 0.2) is 0 Å². The van der Waals surface area contributed by atoms with Crippen LogP contribution in [0, 0.1) is 0 Å². The number of anilines is 1. The molecule has 5 heteroatoms. The second-order valence-electron chi connectivity index (χ2n) is 4.97. The van der Waals surface area contributed by atoms with E-state index in [1.807, 2.05) is 44.2 Å². The Morgan fingerprint density at radius 1 is 1.19 bits per heavy atom. The summed E-state index contributed by atoms with van der Waals surface area (Å²) in [5.41, 5.74) is 0.655. The predicted molar refractivity (Wildman–Crippen MR) is 85.8 cm³/mol. The smallest absolute Gasteiger partial charge is 0.240 e. The van der Waals surface area contributed by atoms with Crippen LogP contribution in [0.3, 0.4) is 0 Å². The van der Waals surface area contributed by atoms with Crippen molar-refractivity contribution < 1.29 is 9.53 Å². The van der Waals surface area contributed by atoms with Gasteiger partial charge in [0.2, 0.25) is 11.8 Å². The first kappa shape index (κ1) is 15.4. The minimum absolute atomic E-state index is 0.0664. The molecule has 0 unspecified atom stereocenters. The van der Waals surface area contributed by atoms with E-state index in [9.17, 15) is 4.79 Å².